The summed E-state index contributed by atoms with van der Waals surface area (Å²) in [6.45, 7) is 4.33. The second kappa shape index (κ2) is 7.15. The fraction of sp³-hybridized carbons (Fsp3) is 0.158. The molecule has 0 aliphatic heterocycles. The maximum atomic E-state index is 13.0. The standard InChI is InChI=1S/C19H16N6O4/c1-3-24-8-7-16(22-24)21-18(26)14-10-15(20-19-17(14)11(2)23-29-19)12-5-4-6-13(9-12)25(27)28/h4-10H,3H2,1-2H3,(H,21,22,26). The number of hydrogen-bond donors (Lipinski definition) is 1. The Balaban J connectivity index is 1.80. The number of nitrogens with one attached hydrogen (secondary N) is 1. The summed E-state index contributed by atoms with van der Waals surface area (Å²) in [5, 5.41) is 22.5. The maximum absolute atomic E-state index is 13.0. The van der Waals surface area contributed by atoms with Gasteiger partial charge in [-0.2, -0.15) is 5.10 Å². The fourth-order valence-corrected chi connectivity index (χ4v) is 2.99. The van der Waals surface area contributed by atoms with Crippen LogP contribution in [0.4, 0.5) is 11.5 Å². The lowest BCUT2D eigenvalue weighted by Gasteiger charge is -2.07. The van der Waals surface area contributed by atoms with Gasteiger partial charge in [-0.15, -0.1) is 0 Å². The lowest BCUT2D eigenvalue weighted by molar-refractivity contribution is -0.384. The Bertz CT molecular complexity index is 1240. The number of fused-ring (bicyclic) bond motifs is 1. The van der Waals surface area contributed by atoms with E-state index in [4.69, 9.17) is 4.52 Å². The minimum atomic E-state index is -0.488. The van der Waals surface area contributed by atoms with E-state index >= 15 is 0 Å². The third kappa shape index (κ3) is 3.43. The summed E-state index contributed by atoms with van der Waals surface area (Å²) in [7, 11) is 0. The van der Waals surface area contributed by atoms with Crippen LogP contribution < -0.4 is 5.32 Å². The minimum absolute atomic E-state index is 0.0748. The van der Waals surface area contributed by atoms with Crippen molar-refractivity contribution in [3.63, 3.8) is 0 Å². The van der Waals surface area contributed by atoms with Crippen LogP contribution in [0.3, 0.4) is 0 Å². The smallest absolute Gasteiger partial charge is 0.270 e. The number of nitrogens with zero attached hydrogens (tertiary/aromatic N) is 5. The van der Waals surface area contributed by atoms with E-state index in [-0.39, 0.29) is 11.4 Å². The predicted octanol–water partition coefficient (Wildman–Crippen LogP) is 3.58. The number of carbonyl (C=O) groups is 1. The zero-order valence-corrected chi connectivity index (χ0v) is 15.6. The molecule has 0 aliphatic carbocycles. The molecule has 10 heteroatoms. The normalized spacial score (nSPS) is 11.0. The molecular formula is C19H16N6O4. The molecule has 3 heterocycles. The summed E-state index contributed by atoms with van der Waals surface area (Å²) in [6, 6.07) is 9.27. The highest BCUT2D eigenvalue weighted by atomic mass is 16.6. The van der Waals surface area contributed by atoms with Gasteiger partial charge >= 0.3 is 0 Å². The molecule has 0 bridgehead atoms. The third-order valence-electron chi connectivity index (χ3n) is 4.42. The van der Waals surface area contributed by atoms with Gasteiger partial charge in [0, 0.05) is 36.5 Å². The number of carbonyl (C=O) groups excluding carboxylic acids is 1. The second-order valence-electron chi connectivity index (χ2n) is 6.32. The lowest BCUT2D eigenvalue weighted by atomic mass is 10.0. The molecule has 0 saturated heterocycles. The van der Waals surface area contributed by atoms with Gasteiger partial charge in [-0.3, -0.25) is 19.6 Å². The number of nitro groups is 1. The van der Waals surface area contributed by atoms with Crippen LogP contribution >= 0.6 is 0 Å². The Morgan fingerprint density at radius 1 is 1.31 bits per heavy atom. The molecule has 146 valence electrons. The molecule has 4 rings (SSSR count). The number of amides is 1. The van der Waals surface area contributed by atoms with Crippen LogP contribution in [0.15, 0.2) is 47.1 Å². The first-order valence-electron chi connectivity index (χ1n) is 8.83. The zero-order chi connectivity index (χ0) is 20.5. The first kappa shape index (κ1) is 18.3. The monoisotopic (exact) mass is 392 g/mol. The molecule has 1 aromatic carbocycles. The molecule has 1 N–H and O–H groups in total. The van der Waals surface area contributed by atoms with E-state index < -0.39 is 10.8 Å². The van der Waals surface area contributed by atoms with Gasteiger partial charge in [0.2, 0.25) is 0 Å². The molecule has 1 amide bonds. The van der Waals surface area contributed by atoms with Gasteiger partial charge in [-0.05, 0) is 19.9 Å². The predicted molar refractivity (Wildman–Crippen MR) is 104 cm³/mol. The van der Waals surface area contributed by atoms with Crippen LogP contribution in [0.25, 0.3) is 22.4 Å². The second-order valence-corrected chi connectivity index (χ2v) is 6.32. The number of hydrogen-bond acceptors (Lipinski definition) is 7. The van der Waals surface area contributed by atoms with Crippen LogP contribution in [-0.2, 0) is 6.54 Å². The van der Waals surface area contributed by atoms with Gasteiger partial charge in [0.15, 0.2) is 5.82 Å². The summed E-state index contributed by atoms with van der Waals surface area (Å²) in [4.78, 5) is 28.0. The first-order valence-corrected chi connectivity index (χ1v) is 8.83. The Labute approximate surface area is 164 Å². The van der Waals surface area contributed by atoms with Crippen molar-refractivity contribution in [2.45, 2.75) is 20.4 Å². The van der Waals surface area contributed by atoms with Gasteiger partial charge in [-0.1, -0.05) is 17.3 Å². The van der Waals surface area contributed by atoms with Crippen molar-refractivity contribution in [2.24, 2.45) is 0 Å². The van der Waals surface area contributed by atoms with Crippen molar-refractivity contribution in [3.8, 4) is 11.3 Å². The number of non-ortho nitro benzene ring substituents is 1. The summed E-state index contributed by atoms with van der Waals surface area (Å²) < 4.78 is 6.95. The van der Waals surface area contributed by atoms with Crippen LogP contribution in [0, 0.1) is 17.0 Å². The number of aromatic nitrogens is 4. The zero-order valence-electron chi connectivity index (χ0n) is 15.6. The number of benzene rings is 1. The van der Waals surface area contributed by atoms with Gasteiger partial charge in [-0.25, -0.2) is 4.98 Å². The van der Waals surface area contributed by atoms with Crippen LogP contribution in [0.2, 0.25) is 0 Å². The largest absolute Gasteiger partial charge is 0.335 e. The van der Waals surface area contributed by atoms with Crippen molar-refractivity contribution >= 4 is 28.5 Å². The maximum Gasteiger partial charge on any atom is 0.270 e. The topological polar surface area (TPSA) is 129 Å². The van der Waals surface area contributed by atoms with Crippen molar-refractivity contribution in [2.75, 3.05) is 5.32 Å². The Hall–Kier alpha value is -4.08. The Morgan fingerprint density at radius 2 is 2.14 bits per heavy atom. The Morgan fingerprint density at radius 3 is 2.86 bits per heavy atom. The summed E-state index contributed by atoms with van der Waals surface area (Å²) in [5.41, 5.74) is 1.76. The quantitative estimate of drug-likeness (QED) is 0.406. The average Bonchev–Trinajstić information content (AvgIpc) is 3.34. The van der Waals surface area contributed by atoms with Crippen LogP contribution in [-0.4, -0.2) is 30.8 Å². The van der Waals surface area contributed by atoms with Crippen molar-refractivity contribution in [1.82, 2.24) is 19.9 Å². The van der Waals surface area contributed by atoms with Crippen molar-refractivity contribution in [1.29, 1.82) is 0 Å². The fourth-order valence-electron chi connectivity index (χ4n) is 2.99. The Kier molecular flexibility index (Phi) is 4.51. The summed E-state index contributed by atoms with van der Waals surface area (Å²) in [5.74, 6) is 0.00422. The number of pyridine rings is 1. The minimum Gasteiger partial charge on any atom is -0.335 e. The number of aryl methyl sites for hydroxylation is 2. The molecule has 0 unspecified atom stereocenters. The third-order valence-corrected chi connectivity index (χ3v) is 4.42. The molecule has 3 aromatic heterocycles. The molecule has 29 heavy (non-hydrogen) atoms. The molecule has 10 nitrogen and oxygen atoms in total. The highest BCUT2D eigenvalue weighted by Gasteiger charge is 2.20. The van der Waals surface area contributed by atoms with E-state index in [1.54, 1.807) is 42.1 Å². The molecule has 0 atom stereocenters. The van der Waals surface area contributed by atoms with Gasteiger partial charge in [0.05, 0.1) is 27.3 Å². The van der Waals surface area contributed by atoms with Gasteiger partial charge in [0.1, 0.15) is 0 Å². The SMILES string of the molecule is CCn1ccc(NC(=O)c2cc(-c3cccc([N+](=O)[O-])c3)nc3onc(C)c23)n1. The average molecular weight is 392 g/mol. The van der Waals surface area contributed by atoms with Gasteiger partial charge < -0.3 is 9.84 Å². The summed E-state index contributed by atoms with van der Waals surface area (Å²) in [6.07, 6.45) is 1.76. The molecule has 0 radical (unpaired) electrons. The highest BCUT2D eigenvalue weighted by molar-refractivity contribution is 6.12. The molecular weight excluding hydrogens is 376 g/mol. The van der Waals surface area contributed by atoms with E-state index in [2.05, 4.69) is 20.6 Å². The molecule has 0 aliphatic rings. The first-order chi connectivity index (χ1) is 14.0. The molecule has 4 aromatic rings. The number of anilines is 1. The highest BCUT2D eigenvalue weighted by Crippen LogP contribution is 2.29. The summed E-state index contributed by atoms with van der Waals surface area (Å²) >= 11 is 0. The van der Waals surface area contributed by atoms with Crippen LogP contribution in [0.5, 0.6) is 0 Å². The number of nitro benzene ring substituents is 1. The lowest BCUT2D eigenvalue weighted by Crippen LogP contribution is -2.14. The number of rotatable bonds is 5. The van der Waals surface area contributed by atoms with E-state index in [9.17, 15) is 14.9 Å². The van der Waals surface area contributed by atoms with E-state index in [0.29, 0.717) is 40.3 Å². The van der Waals surface area contributed by atoms with Crippen molar-refractivity contribution < 1.29 is 14.2 Å². The molecule has 0 fully saturated rings. The molecule has 0 saturated carbocycles. The molecule has 0 spiro atoms. The van der Waals surface area contributed by atoms with Gasteiger partial charge in [0.25, 0.3) is 17.3 Å². The van der Waals surface area contributed by atoms with Crippen molar-refractivity contribution in [3.05, 3.63) is 64.0 Å². The van der Waals surface area contributed by atoms with E-state index in [1.165, 1.54) is 12.1 Å². The van der Waals surface area contributed by atoms with E-state index in [0.717, 1.165) is 0 Å². The van der Waals surface area contributed by atoms with Crippen LogP contribution in [0.1, 0.15) is 23.0 Å². The van der Waals surface area contributed by atoms with E-state index in [1.807, 2.05) is 6.92 Å².